The van der Waals surface area contributed by atoms with E-state index in [1.165, 1.54) is 6.20 Å². The van der Waals surface area contributed by atoms with Crippen LogP contribution >= 0.6 is 0 Å². The lowest BCUT2D eigenvalue weighted by molar-refractivity contribution is 0.726. The molecule has 2 rings (SSSR count). The van der Waals surface area contributed by atoms with Crippen LogP contribution < -0.4 is 11.4 Å². The molecule has 4 nitrogen and oxygen atoms in total. The van der Waals surface area contributed by atoms with E-state index in [0.717, 1.165) is 11.1 Å². The standard InChI is InChI=1S/C12H13N3O/c13-8-10-3-1-4-11(7-10)9-15-6-2-5-14-12(15)16/h1-7H,8-9,13H2. The lowest BCUT2D eigenvalue weighted by Gasteiger charge is -2.05. The molecule has 1 heterocycles. The molecule has 16 heavy (non-hydrogen) atoms. The van der Waals surface area contributed by atoms with Crippen LogP contribution in [-0.4, -0.2) is 9.55 Å². The van der Waals surface area contributed by atoms with Crippen molar-refractivity contribution in [3.05, 3.63) is 64.3 Å². The van der Waals surface area contributed by atoms with Crippen LogP contribution in [0.15, 0.2) is 47.5 Å². The van der Waals surface area contributed by atoms with Gasteiger partial charge in [-0.2, -0.15) is 0 Å². The summed E-state index contributed by atoms with van der Waals surface area (Å²) in [5, 5.41) is 0. The van der Waals surface area contributed by atoms with E-state index in [2.05, 4.69) is 4.98 Å². The van der Waals surface area contributed by atoms with Crippen LogP contribution in [0.25, 0.3) is 0 Å². The van der Waals surface area contributed by atoms with Gasteiger partial charge in [0.2, 0.25) is 0 Å². The van der Waals surface area contributed by atoms with Gasteiger partial charge in [-0.25, -0.2) is 9.78 Å². The Kier molecular flexibility index (Phi) is 3.12. The minimum absolute atomic E-state index is 0.236. The van der Waals surface area contributed by atoms with Crippen molar-refractivity contribution in [2.75, 3.05) is 0 Å². The quantitative estimate of drug-likeness (QED) is 0.821. The number of aromatic nitrogens is 2. The van der Waals surface area contributed by atoms with Gasteiger partial charge in [-0.3, -0.25) is 4.57 Å². The van der Waals surface area contributed by atoms with E-state index < -0.39 is 0 Å². The highest BCUT2D eigenvalue weighted by Gasteiger charge is 1.98. The predicted molar refractivity (Wildman–Crippen MR) is 61.9 cm³/mol. The van der Waals surface area contributed by atoms with Crippen molar-refractivity contribution >= 4 is 0 Å². The molecule has 0 bridgehead atoms. The Labute approximate surface area is 93.4 Å². The second kappa shape index (κ2) is 4.72. The highest BCUT2D eigenvalue weighted by Crippen LogP contribution is 2.05. The van der Waals surface area contributed by atoms with E-state index in [0.29, 0.717) is 13.1 Å². The largest absolute Gasteiger partial charge is 0.347 e. The molecule has 82 valence electrons. The number of rotatable bonds is 3. The van der Waals surface area contributed by atoms with Crippen molar-refractivity contribution in [1.82, 2.24) is 9.55 Å². The molecule has 0 saturated carbocycles. The maximum Gasteiger partial charge on any atom is 0.347 e. The molecule has 0 unspecified atom stereocenters. The van der Waals surface area contributed by atoms with Crippen molar-refractivity contribution in [2.24, 2.45) is 5.73 Å². The number of hydrogen-bond acceptors (Lipinski definition) is 3. The van der Waals surface area contributed by atoms with Gasteiger partial charge in [-0.05, 0) is 17.2 Å². The lowest BCUT2D eigenvalue weighted by Crippen LogP contribution is -2.21. The van der Waals surface area contributed by atoms with E-state index in [4.69, 9.17) is 5.73 Å². The molecule has 0 atom stereocenters. The zero-order chi connectivity index (χ0) is 11.4. The summed E-state index contributed by atoms with van der Waals surface area (Å²) >= 11 is 0. The highest BCUT2D eigenvalue weighted by molar-refractivity contribution is 5.23. The van der Waals surface area contributed by atoms with Crippen LogP contribution in [0.3, 0.4) is 0 Å². The molecule has 0 aliphatic heterocycles. The van der Waals surface area contributed by atoms with Gasteiger partial charge in [-0.1, -0.05) is 24.3 Å². The molecular formula is C12H13N3O. The van der Waals surface area contributed by atoms with Crippen LogP contribution in [0.4, 0.5) is 0 Å². The molecule has 0 fully saturated rings. The fourth-order valence-electron chi connectivity index (χ4n) is 1.56. The maximum absolute atomic E-state index is 11.4. The monoisotopic (exact) mass is 215 g/mol. The summed E-state index contributed by atoms with van der Waals surface area (Å²) in [6, 6.07) is 9.63. The Balaban J connectivity index is 2.27. The Hall–Kier alpha value is -1.94. The fourth-order valence-corrected chi connectivity index (χ4v) is 1.56. The molecule has 1 aromatic heterocycles. The first kappa shape index (κ1) is 10.6. The third kappa shape index (κ3) is 2.35. The van der Waals surface area contributed by atoms with Crippen LogP contribution in [0.5, 0.6) is 0 Å². The smallest absolute Gasteiger partial charge is 0.326 e. The van der Waals surface area contributed by atoms with E-state index in [-0.39, 0.29) is 5.69 Å². The normalized spacial score (nSPS) is 10.3. The van der Waals surface area contributed by atoms with Crippen LogP contribution in [0.1, 0.15) is 11.1 Å². The average molecular weight is 215 g/mol. The molecule has 0 spiro atoms. The SMILES string of the molecule is NCc1cccc(Cn2cccnc2=O)c1. The molecular weight excluding hydrogens is 202 g/mol. The van der Waals surface area contributed by atoms with E-state index in [1.807, 2.05) is 24.3 Å². The Bertz CT molecular complexity index is 534. The van der Waals surface area contributed by atoms with Crippen molar-refractivity contribution in [2.45, 2.75) is 13.1 Å². The molecule has 2 aromatic rings. The van der Waals surface area contributed by atoms with Gasteiger partial charge < -0.3 is 5.73 Å². The number of benzene rings is 1. The van der Waals surface area contributed by atoms with Gasteiger partial charge in [0.1, 0.15) is 0 Å². The summed E-state index contributed by atoms with van der Waals surface area (Å²) in [7, 11) is 0. The summed E-state index contributed by atoms with van der Waals surface area (Å²) in [4.78, 5) is 15.1. The Morgan fingerprint density at radius 2 is 2.06 bits per heavy atom. The molecule has 0 radical (unpaired) electrons. The summed E-state index contributed by atoms with van der Waals surface area (Å²) in [5.41, 5.74) is 7.44. The molecule has 0 amide bonds. The minimum atomic E-state index is -0.236. The van der Waals surface area contributed by atoms with Gasteiger partial charge >= 0.3 is 5.69 Å². The first-order valence-corrected chi connectivity index (χ1v) is 5.09. The van der Waals surface area contributed by atoms with Crippen molar-refractivity contribution in [3.8, 4) is 0 Å². The summed E-state index contributed by atoms with van der Waals surface area (Å²) < 4.78 is 1.57. The summed E-state index contributed by atoms with van der Waals surface area (Å²) in [6.45, 7) is 1.04. The second-order valence-electron chi connectivity index (χ2n) is 3.55. The summed E-state index contributed by atoms with van der Waals surface area (Å²) in [6.07, 6.45) is 3.22. The first-order chi connectivity index (χ1) is 7.79. The molecule has 0 saturated heterocycles. The number of hydrogen-bond donors (Lipinski definition) is 1. The van der Waals surface area contributed by atoms with Crippen LogP contribution in [0.2, 0.25) is 0 Å². The molecule has 0 aliphatic rings. The fraction of sp³-hybridized carbons (Fsp3) is 0.167. The van der Waals surface area contributed by atoms with Crippen molar-refractivity contribution in [3.63, 3.8) is 0 Å². The van der Waals surface area contributed by atoms with E-state index in [1.54, 1.807) is 16.8 Å². The molecule has 1 aromatic carbocycles. The Morgan fingerprint density at radius 1 is 1.25 bits per heavy atom. The first-order valence-electron chi connectivity index (χ1n) is 5.09. The van der Waals surface area contributed by atoms with E-state index in [9.17, 15) is 4.79 Å². The molecule has 4 heteroatoms. The lowest BCUT2D eigenvalue weighted by atomic mass is 10.1. The van der Waals surface area contributed by atoms with Gasteiger partial charge in [0.15, 0.2) is 0 Å². The van der Waals surface area contributed by atoms with E-state index >= 15 is 0 Å². The van der Waals surface area contributed by atoms with Gasteiger partial charge in [0.05, 0.1) is 6.54 Å². The number of nitrogens with zero attached hydrogens (tertiary/aromatic N) is 2. The van der Waals surface area contributed by atoms with Crippen LogP contribution in [0, 0.1) is 0 Å². The van der Waals surface area contributed by atoms with Gasteiger partial charge in [-0.15, -0.1) is 0 Å². The third-order valence-electron chi connectivity index (χ3n) is 2.36. The zero-order valence-electron chi connectivity index (χ0n) is 8.84. The number of nitrogens with two attached hydrogens (primary N) is 1. The van der Waals surface area contributed by atoms with Crippen molar-refractivity contribution < 1.29 is 0 Å². The topological polar surface area (TPSA) is 60.9 Å². The average Bonchev–Trinajstić information content (AvgIpc) is 2.32. The maximum atomic E-state index is 11.4. The van der Waals surface area contributed by atoms with Gasteiger partial charge in [0, 0.05) is 18.9 Å². The third-order valence-corrected chi connectivity index (χ3v) is 2.36. The van der Waals surface area contributed by atoms with Gasteiger partial charge in [0.25, 0.3) is 0 Å². The zero-order valence-corrected chi connectivity index (χ0v) is 8.84. The molecule has 0 aliphatic carbocycles. The molecule has 2 N–H and O–H groups in total. The summed E-state index contributed by atoms with van der Waals surface area (Å²) in [5.74, 6) is 0. The second-order valence-corrected chi connectivity index (χ2v) is 3.55. The minimum Gasteiger partial charge on any atom is -0.326 e. The Morgan fingerprint density at radius 3 is 2.81 bits per heavy atom. The van der Waals surface area contributed by atoms with Crippen molar-refractivity contribution in [1.29, 1.82) is 0 Å². The predicted octanol–water partition coefficient (Wildman–Crippen LogP) is 0.750. The van der Waals surface area contributed by atoms with Crippen LogP contribution in [-0.2, 0) is 13.1 Å². The highest BCUT2D eigenvalue weighted by atomic mass is 16.1.